The van der Waals surface area contributed by atoms with Gasteiger partial charge in [0.15, 0.2) is 0 Å². The summed E-state index contributed by atoms with van der Waals surface area (Å²) < 4.78 is 112. The zero-order chi connectivity index (χ0) is 21.9. The summed E-state index contributed by atoms with van der Waals surface area (Å²) in [5.74, 6) is -0.869. The largest absolute Gasteiger partial charge is 0.431 e. The van der Waals surface area contributed by atoms with Crippen LogP contribution in [0.3, 0.4) is 0 Å². The van der Waals surface area contributed by atoms with Crippen molar-refractivity contribution in [1.29, 1.82) is 0 Å². The molecule has 12 heteroatoms. The molecule has 0 fully saturated rings. The Bertz CT molecular complexity index is 578. The van der Waals surface area contributed by atoms with Crippen LogP contribution in [0.15, 0.2) is 11.8 Å². The highest BCUT2D eigenvalue weighted by molar-refractivity contribution is 7.84. The summed E-state index contributed by atoms with van der Waals surface area (Å²) in [7, 11) is -4.12. The van der Waals surface area contributed by atoms with E-state index in [1.165, 1.54) is 0 Å². The number of allylic oxidation sites excluding steroid dienone is 2. The molecule has 0 spiro atoms. The molecule has 1 rings (SSSR count). The zero-order valence-electron chi connectivity index (χ0n) is 15.5. The van der Waals surface area contributed by atoms with Gasteiger partial charge in [-0.25, -0.2) is 4.21 Å². The van der Waals surface area contributed by atoms with Gasteiger partial charge >= 0.3 is 16.8 Å². The SMILES string of the molecule is CCCC[C@H]1C=C(C(F)(F)F)N([S@@](=O)C(F)(F)C(F)(F)Cl)[C@@H](OCC(C)C)C1. The third-order valence-electron chi connectivity index (χ3n) is 3.97. The van der Waals surface area contributed by atoms with Crippen LogP contribution in [0.5, 0.6) is 0 Å². The van der Waals surface area contributed by atoms with Gasteiger partial charge in [-0.1, -0.05) is 39.7 Å². The Hall–Kier alpha value is -0.550. The van der Waals surface area contributed by atoms with Crippen LogP contribution in [0.1, 0.15) is 46.5 Å². The van der Waals surface area contributed by atoms with Gasteiger partial charge < -0.3 is 4.74 Å². The molecule has 3 nitrogen and oxygen atoms in total. The standard InChI is InChI=1S/C16H23ClF7NO2S/c1-4-5-6-11-7-12(14(18,19)20)25(13(8-11)27-9-10(2)3)28(26)16(23,24)15(17,21)22/h7,10-11,13H,4-6,8-9H2,1-3H3/t11-,13-,28-/m0/s1. The predicted octanol–water partition coefficient (Wildman–Crippen LogP) is 6.03. The van der Waals surface area contributed by atoms with Gasteiger partial charge in [-0.05, 0) is 36.3 Å². The van der Waals surface area contributed by atoms with Crippen LogP contribution in [0.2, 0.25) is 0 Å². The number of hydrogen-bond acceptors (Lipinski definition) is 2. The molecule has 0 bridgehead atoms. The first-order valence-corrected chi connectivity index (χ1v) is 10.2. The summed E-state index contributed by atoms with van der Waals surface area (Å²) in [6.07, 6.45) is -4.86. The third-order valence-corrected chi connectivity index (χ3v) is 5.80. The molecule has 0 aromatic heterocycles. The summed E-state index contributed by atoms with van der Waals surface area (Å²) in [5.41, 5.74) is -1.69. The predicted molar refractivity (Wildman–Crippen MR) is 92.1 cm³/mol. The molecular formula is C16H23ClF7NO2S. The van der Waals surface area contributed by atoms with Gasteiger partial charge in [0, 0.05) is 0 Å². The van der Waals surface area contributed by atoms with Crippen molar-refractivity contribution in [3.63, 3.8) is 0 Å². The minimum Gasteiger partial charge on any atom is -0.357 e. The Balaban J connectivity index is 3.41. The quantitative estimate of drug-likeness (QED) is 0.310. The van der Waals surface area contributed by atoms with Gasteiger partial charge in [-0.15, -0.1) is 0 Å². The normalized spacial score (nSPS) is 23.1. The van der Waals surface area contributed by atoms with Gasteiger partial charge in [0.1, 0.15) is 11.9 Å². The second-order valence-electron chi connectivity index (χ2n) is 6.96. The number of alkyl halides is 8. The number of ether oxygens (including phenoxy) is 1. The average molecular weight is 462 g/mol. The highest BCUT2D eigenvalue weighted by Gasteiger charge is 2.64. The molecule has 3 atom stereocenters. The number of nitrogens with zero attached hydrogens (tertiary/aromatic N) is 1. The van der Waals surface area contributed by atoms with Crippen molar-refractivity contribution in [2.45, 2.75) is 69.5 Å². The molecule has 0 N–H and O–H groups in total. The lowest BCUT2D eigenvalue weighted by Crippen LogP contribution is -2.54. The maximum absolute atomic E-state index is 13.9. The molecule has 0 aliphatic carbocycles. The number of halogens is 8. The lowest BCUT2D eigenvalue weighted by Gasteiger charge is -2.41. The van der Waals surface area contributed by atoms with E-state index in [0.29, 0.717) is 25.3 Å². The van der Waals surface area contributed by atoms with Crippen LogP contribution in [0.25, 0.3) is 0 Å². The molecule has 0 amide bonds. The molecule has 0 aromatic rings. The highest BCUT2D eigenvalue weighted by atomic mass is 35.5. The second-order valence-corrected chi connectivity index (χ2v) is 8.84. The maximum Gasteiger partial charge on any atom is 0.431 e. The molecule has 28 heavy (non-hydrogen) atoms. The Morgan fingerprint density at radius 2 is 1.82 bits per heavy atom. The summed E-state index contributed by atoms with van der Waals surface area (Å²) >= 11 is 4.33. The molecular weight excluding hydrogens is 439 g/mol. The van der Waals surface area contributed by atoms with E-state index in [-0.39, 0.29) is 23.3 Å². The van der Waals surface area contributed by atoms with E-state index in [9.17, 15) is 34.9 Å². The first-order valence-electron chi connectivity index (χ1n) is 8.69. The van der Waals surface area contributed by atoms with E-state index in [4.69, 9.17) is 4.74 Å². The minimum atomic E-state index is -5.44. The Morgan fingerprint density at radius 1 is 1.25 bits per heavy atom. The first-order chi connectivity index (χ1) is 12.6. The molecule has 1 aliphatic rings. The minimum absolute atomic E-state index is 0.132. The summed E-state index contributed by atoms with van der Waals surface area (Å²) in [6, 6.07) is 0. The lowest BCUT2D eigenvalue weighted by molar-refractivity contribution is -0.135. The van der Waals surface area contributed by atoms with Crippen LogP contribution in [0.4, 0.5) is 30.7 Å². The van der Waals surface area contributed by atoms with E-state index in [2.05, 4.69) is 11.6 Å². The van der Waals surface area contributed by atoms with Crippen molar-refractivity contribution in [2.75, 3.05) is 6.61 Å². The van der Waals surface area contributed by atoms with Crippen molar-refractivity contribution >= 4 is 22.6 Å². The fourth-order valence-electron chi connectivity index (χ4n) is 2.62. The van der Waals surface area contributed by atoms with E-state index in [1.54, 1.807) is 13.8 Å². The van der Waals surface area contributed by atoms with Crippen molar-refractivity contribution in [3.8, 4) is 0 Å². The van der Waals surface area contributed by atoms with Crippen molar-refractivity contribution in [1.82, 2.24) is 4.31 Å². The summed E-state index contributed by atoms with van der Waals surface area (Å²) in [6.45, 7) is 5.03. The number of rotatable bonds is 9. The molecule has 0 aromatic carbocycles. The lowest BCUT2D eigenvalue weighted by atomic mass is 9.93. The average Bonchev–Trinajstić information content (AvgIpc) is 2.54. The van der Waals surface area contributed by atoms with E-state index >= 15 is 0 Å². The van der Waals surface area contributed by atoms with Gasteiger partial charge in [-0.3, -0.25) is 4.31 Å². The van der Waals surface area contributed by atoms with E-state index < -0.39 is 45.6 Å². The summed E-state index contributed by atoms with van der Waals surface area (Å²) in [4.78, 5) is 0. The molecule has 166 valence electrons. The van der Waals surface area contributed by atoms with Gasteiger partial charge in [0.2, 0.25) is 11.0 Å². The molecule has 0 saturated carbocycles. The number of hydrogen-bond donors (Lipinski definition) is 0. The second kappa shape index (κ2) is 9.51. The van der Waals surface area contributed by atoms with Gasteiger partial charge in [-0.2, -0.15) is 30.7 Å². The molecule has 0 radical (unpaired) electrons. The topological polar surface area (TPSA) is 29.5 Å². The fourth-order valence-corrected chi connectivity index (χ4v) is 3.97. The Labute approximate surface area is 166 Å². The van der Waals surface area contributed by atoms with Crippen LogP contribution in [0, 0.1) is 11.8 Å². The Kier molecular flexibility index (Phi) is 8.65. The molecule has 0 unspecified atom stereocenters. The van der Waals surface area contributed by atoms with E-state index in [1.807, 2.05) is 6.92 Å². The zero-order valence-corrected chi connectivity index (χ0v) is 17.1. The summed E-state index contributed by atoms with van der Waals surface area (Å²) in [5, 5.41) is -10.7. The molecule has 1 aliphatic heterocycles. The van der Waals surface area contributed by atoms with Crippen LogP contribution >= 0.6 is 11.6 Å². The van der Waals surface area contributed by atoms with E-state index in [0.717, 1.165) is 0 Å². The smallest absolute Gasteiger partial charge is 0.357 e. The van der Waals surface area contributed by atoms with Gasteiger partial charge in [0.25, 0.3) is 0 Å². The van der Waals surface area contributed by atoms with Crippen LogP contribution in [-0.4, -0.2) is 38.2 Å². The van der Waals surface area contributed by atoms with Crippen molar-refractivity contribution < 1.29 is 39.7 Å². The molecule has 1 heterocycles. The highest BCUT2D eigenvalue weighted by Crippen LogP contribution is 2.46. The Morgan fingerprint density at radius 3 is 2.25 bits per heavy atom. The molecule has 0 saturated heterocycles. The fraction of sp³-hybridized carbons (Fsp3) is 0.875. The maximum atomic E-state index is 13.9. The monoisotopic (exact) mass is 461 g/mol. The van der Waals surface area contributed by atoms with Crippen LogP contribution < -0.4 is 0 Å². The third kappa shape index (κ3) is 6.22. The van der Waals surface area contributed by atoms with Crippen molar-refractivity contribution in [3.05, 3.63) is 11.8 Å². The van der Waals surface area contributed by atoms with Crippen LogP contribution in [-0.2, 0) is 15.7 Å². The van der Waals surface area contributed by atoms with Crippen molar-refractivity contribution in [2.24, 2.45) is 11.8 Å². The van der Waals surface area contributed by atoms with Gasteiger partial charge in [0.05, 0.1) is 6.61 Å². The first kappa shape index (κ1) is 25.5. The number of unbranched alkanes of at least 4 members (excludes halogenated alkanes) is 1.